The topological polar surface area (TPSA) is 21.3 Å². The van der Waals surface area contributed by atoms with Gasteiger partial charge in [-0.05, 0) is 31.5 Å². The first-order valence-corrected chi connectivity index (χ1v) is 7.01. The Bertz CT molecular complexity index is 546. The van der Waals surface area contributed by atoms with Gasteiger partial charge in [-0.15, -0.1) is 11.3 Å². The molecular formula is C15H18FNOS. The molecular weight excluding hydrogens is 261 g/mol. The molecule has 0 spiro atoms. The van der Waals surface area contributed by atoms with E-state index in [1.807, 2.05) is 0 Å². The number of aryl methyl sites for hydroxylation is 2. The zero-order valence-corrected chi connectivity index (χ0v) is 12.2. The van der Waals surface area contributed by atoms with Crippen LogP contribution in [0, 0.1) is 19.7 Å². The summed E-state index contributed by atoms with van der Waals surface area (Å²) in [6.45, 7) is 5.52. The highest BCUT2D eigenvalue weighted by atomic mass is 32.1. The molecule has 2 nitrogen and oxygen atoms in total. The maximum Gasteiger partial charge on any atom is 0.131 e. The third kappa shape index (κ3) is 3.55. The minimum absolute atomic E-state index is 0.231. The molecule has 1 aromatic heterocycles. The molecule has 0 unspecified atom stereocenters. The number of ether oxygens (including phenoxy) is 1. The summed E-state index contributed by atoms with van der Waals surface area (Å²) >= 11 is 1.78. The van der Waals surface area contributed by atoms with Crippen molar-refractivity contribution in [1.82, 2.24) is 5.32 Å². The summed E-state index contributed by atoms with van der Waals surface area (Å²) in [5.74, 6) is 0.316. The molecule has 0 amide bonds. The van der Waals surface area contributed by atoms with Gasteiger partial charge in [-0.2, -0.15) is 0 Å². The fourth-order valence-electron chi connectivity index (χ4n) is 1.86. The van der Waals surface area contributed by atoms with E-state index in [9.17, 15) is 4.39 Å². The number of methoxy groups -OCH3 is 1. The standard InChI is InChI=1S/C15H18FNOS/c1-10-6-14(19-11(10)2)9-17-8-12-4-5-13(18-3)7-15(12)16/h4-7,17H,8-9H2,1-3H3. The number of rotatable bonds is 5. The van der Waals surface area contributed by atoms with Crippen LogP contribution in [-0.2, 0) is 13.1 Å². The second kappa shape index (κ2) is 6.17. The quantitative estimate of drug-likeness (QED) is 0.899. The van der Waals surface area contributed by atoms with Gasteiger partial charge in [0, 0.05) is 34.5 Å². The van der Waals surface area contributed by atoms with Crippen molar-refractivity contribution in [1.29, 1.82) is 0 Å². The Labute approximate surface area is 117 Å². The predicted molar refractivity (Wildman–Crippen MR) is 77.3 cm³/mol. The van der Waals surface area contributed by atoms with Crippen LogP contribution in [0.5, 0.6) is 5.75 Å². The lowest BCUT2D eigenvalue weighted by atomic mass is 10.2. The lowest BCUT2D eigenvalue weighted by Gasteiger charge is -2.06. The van der Waals surface area contributed by atoms with E-state index in [1.165, 1.54) is 28.5 Å². The molecule has 0 aliphatic heterocycles. The van der Waals surface area contributed by atoms with E-state index in [0.717, 1.165) is 6.54 Å². The maximum absolute atomic E-state index is 13.7. The zero-order chi connectivity index (χ0) is 13.8. The first-order valence-electron chi connectivity index (χ1n) is 6.19. The van der Waals surface area contributed by atoms with Crippen molar-refractivity contribution in [3.63, 3.8) is 0 Å². The summed E-state index contributed by atoms with van der Waals surface area (Å²) in [4.78, 5) is 2.62. The Hall–Kier alpha value is -1.39. The molecule has 1 aromatic carbocycles. The molecule has 1 N–H and O–H groups in total. The number of nitrogens with one attached hydrogen (secondary N) is 1. The van der Waals surface area contributed by atoms with Crippen LogP contribution in [-0.4, -0.2) is 7.11 Å². The van der Waals surface area contributed by atoms with Gasteiger partial charge in [0.2, 0.25) is 0 Å². The van der Waals surface area contributed by atoms with E-state index in [2.05, 4.69) is 25.2 Å². The van der Waals surface area contributed by atoms with Crippen molar-refractivity contribution in [3.05, 3.63) is 51.0 Å². The van der Waals surface area contributed by atoms with E-state index in [1.54, 1.807) is 23.5 Å². The van der Waals surface area contributed by atoms with E-state index >= 15 is 0 Å². The Balaban J connectivity index is 1.92. The molecule has 2 rings (SSSR count). The van der Waals surface area contributed by atoms with E-state index in [0.29, 0.717) is 17.9 Å². The van der Waals surface area contributed by atoms with Crippen LogP contribution in [0.4, 0.5) is 4.39 Å². The van der Waals surface area contributed by atoms with Gasteiger partial charge < -0.3 is 10.1 Å². The summed E-state index contributed by atoms with van der Waals surface area (Å²) in [6.07, 6.45) is 0. The number of benzene rings is 1. The molecule has 0 aliphatic rings. The number of halogens is 1. The molecule has 19 heavy (non-hydrogen) atoms. The van der Waals surface area contributed by atoms with E-state index in [-0.39, 0.29) is 5.82 Å². The van der Waals surface area contributed by atoms with Gasteiger partial charge in [0.1, 0.15) is 11.6 Å². The van der Waals surface area contributed by atoms with Gasteiger partial charge in [-0.1, -0.05) is 6.07 Å². The van der Waals surface area contributed by atoms with Gasteiger partial charge in [-0.3, -0.25) is 0 Å². The molecule has 0 atom stereocenters. The van der Waals surface area contributed by atoms with E-state index in [4.69, 9.17) is 4.74 Å². The largest absolute Gasteiger partial charge is 0.497 e. The summed E-state index contributed by atoms with van der Waals surface area (Å²) < 4.78 is 18.7. The third-order valence-corrected chi connectivity index (χ3v) is 4.24. The van der Waals surface area contributed by atoms with Crippen LogP contribution >= 0.6 is 11.3 Å². The van der Waals surface area contributed by atoms with Crippen molar-refractivity contribution in [2.45, 2.75) is 26.9 Å². The average molecular weight is 279 g/mol. The Kier molecular flexibility index (Phi) is 4.56. The van der Waals surface area contributed by atoms with Crippen molar-refractivity contribution in [3.8, 4) is 5.75 Å². The first-order chi connectivity index (χ1) is 9.10. The van der Waals surface area contributed by atoms with Crippen molar-refractivity contribution in [2.24, 2.45) is 0 Å². The zero-order valence-electron chi connectivity index (χ0n) is 11.4. The summed E-state index contributed by atoms with van der Waals surface area (Å²) in [5, 5.41) is 3.27. The fourth-order valence-corrected chi connectivity index (χ4v) is 2.88. The minimum atomic E-state index is -0.231. The molecule has 0 aliphatic carbocycles. The van der Waals surface area contributed by atoms with Crippen molar-refractivity contribution >= 4 is 11.3 Å². The van der Waals surface area contributed by atoms with Gasteiger partial charge in [0.05, 0.1) is 7.11 Å². The van der Waals surface area contributed by atoms with Crippen LogP contribution in [0.1, 0.15) is 20.9 Å². The van der Waals surface area contributed by atoms with Gasteiger partial charge in [0.15, 0.2) is 0 Å². The van der Waals surface area contributed by atoms with Crippen LogP contribution in [0.3, 0.4) is 0 Å². The van der Waals surface area contributed by atoms with Gasteiger partial charge >= 0.3 is 0 Å². The average Bonchev–Trinajstić information content (AvgIpc) is 2.70. The molecule has 0 saturated carbocycles. The minimum Gasteiger partial charge on any atom is -0.497 e. The summed E-state index contributed by atoms with van der Waals surface area (Å²) in [5.41, 5.74) is 1.98. The molecule has 0 radical (unpaired) electrons. The normalized spacial score (nSPS) is 10.7. The summed E-state index contributed by atoms with van der Waals surface area (Å²) in [7, 11) is 1.54. The molecule has 1 heterocycles. The van der Waals surface area contributed by atoms with Crippen LogP contribution in [0.2, 0.25) is 0 Å². The molecule has 102 valence electrons. The Morgan fingerprint density at radius 1 is 1.21 bits per heavy atom. The molecule has 0 bridgehead atoms. The molecule has 0 saturated heterocycles. The van der Waals surface area contributed by atoms with Crippen LogP contribution in [0.25, 0.3) is 0 Å². The lowest BCUT2D eigenvalue weighted by molar-refractivity contribution is 0.410. The lowest BCUT2D eigenvalue weighted by Crippen LogP contribution is -2.12. The van der Waals surface area contributed by atoms with Crippen molar-refractivity contribution in [2.75, 3.05) is 7.11 Å². The highest BCUT2D eigenvalue weighted by Crippen LogP contribution is 2.21. The Morgan fingerprint density at radius 3 is 2.58 bits per heavy atom. The monoisotopic (exact) mass is 279 g/mol. The number of thiophene rings is 1. The molecule has 4 heteroatoms. The SMILES string of the molecule is COc1ccc(CNCc2cc(C)c(C)s2)c(F)c1. The summed E-state index contributed by atoms with van der Waals surface area (Å²) in [6, 6.07) is 7.12. The maximum atomic E-state index is 13.7. The smallest absolute Gasteiger partial charge is 0.131 e. The fraction of sp³-hybridized carbons (Fsp3) is 0.333. The number of hydrogen-bond donors (Lipinski definition) is 1. The molecule has 2 aromatic rings. The highest BCUT2D eigenvalue weighted by Gasteiger charge is 2.05. The van der Waals surface area contributed by atoms with Crippen LogP contribution in [0.15, 0.2) is 24.3 Å². The predicted octanol–water partition coefficient (Wildman–Crippen LogP) is 3.80. The second-order valence-electron chi connectivity index (χ2n) is 4.51. The highest BCUT2D eigenvalue weighted by molar-refractivity contribution is 7.12. The number of hydrogen-bond acceptors (Lipinski definition) is 3. The third-order valence-electron chi connectivity index (χ3n) is 3.09. The first kappa shape index (κ1) is 14.0. The van der Waals surface area contributed by atoms with Crippen molar-refractivity contribution < 1.29 is 9.13 Å². The van der Waals surface area contributed by atoms with Gasteiger partial charge in [-0.25, -0.2) is 4.39 Å². The molecule has 0 fully saturated rings. The van der Waals surface area contributed by atoms with E-state index < -0.39 is 0 Å². The second-order valence-corrected chi connectivity index (χ2v) is 5.85. The van der Waals surface area contributed by atoms with Gasteiger partial charge in [0.25, 0.3) is 0 Å². The van der Waals surface area contributed by atoms with Crippen LogP contribution < -0.4 is 10.1 Å². The Morgan fingerprint density at radius 2 is 2.00 bits per heavy atom.